The van der Waals surface area contributed by atoms with Gasteiger partial charge in [-0.2, -0.15) is 0 Å². The molecule has 9 heteroatoms. The summed E-state index contributed by atoms with van der Waals surface area (Å²) in [7, 11) is 0. The number of nitrogens with zero attached hydrogens (tertiary/aromatic N) is 1. The molecule has 1 aromatic carbocycles. The SMILES string of the molecule is CC1(C)S[C@H]2N(C(=O)C2(Br)C(=O)C(O)c2ccc(CCl)cc2)[C@H]1C(=O)O. The van der Waals surface area contributed by atoms with E-state index in [1.807, 2.05) is 0 Å². The lowest BCUT2D eigenvalue weighted by molar-refractivity contribution is -0.164. The van der Waals surface area contributed by atoms with E-state index in [-0.39, 0.29) is 0 Å². The molecule has 2 N–H and O–H groups in total. The molecule has 6 nitrogen and oxygen atoms in total. The van der Waals surface area contributed by atoms with Crippen molar-refractivity contribution in [3.05, 3.63) is 35.4 Å². The van der Waals surface area contributed by atoms with Crippen molar-refractivity contribution in [2.75, 3.05) is 0 Å². The van der Waals surface area contributed by atoms with Crippen molar-refractivity contribution < 1.29 is 24.6 Å². The van der Waals surface area contributed by atoms with Gasteiger partial charge in [-0.25, -0.2) is 4.79 Å². The maximum atomic E-state index is 12.9. The number of benzene rings is 1. The molecule has 4 atom stereocenters. The second-order valence-corrected chi connectivity index (χ2v) is 10.1. The molecule has 1 amide bonds. The van der Waals surface area contributed by atoms with Gasteiger partial charge in [-0.15, -0.1) is 23.4 Å². The Morgan fingerprint density at radius 2 is 1.92 bits per heavy atom. The third-order valence-electron chi connectivity index (χ3n) is 4.78. The molecule has 0 spiro atoms. The van der Waals surface area contributed by atoms with Gasteiger partial charge in [-0.1, -0.05) is 40.2 Å². The number of carboxylic acid groups (broad SMARTS) is 1. The number of aliphatic carboxylic acids is 1. The molecule has 0 radical (unpaired) electrons. The van der Waals surface area contributed by atoms with E-state index in [9.17, 15) is 24.6 Å². The highest BCUT2D eigenvalue weighted by atomic mass is 79.9. The fourth-order valence-electron chi connectivity index (χ4n) is 3.39. The number of hydrogen-bond acceptors (Lipinski definition) is 5. The summed E-state index contributed by atoms with van der Waals surface area (Å²) in [6.45, 7) is 3.45. The van der Waals surface area contributed by atoms with E-state index in [2.05, 4.69) is 15.9 Å². The first-order chi connectivity index (χ1) is 12.1. The van der Waals surface area contributed by atoms with Gasteiger partial charge >= 0.3 is 5.97 Å². The second-order valence-electron chi connectivity index (χ2n) is 6.88. The molecule has 0 aromatic heterocycles. The Morgan fingerprint density at radius 3 is 2.42 bits per heavy atom. The molecule has 26 heavy (non-hydrogen) atoms. The highest BCUT2D eigenvalue weighted by Gasteiger charge is 2.74. The predicted molar refractivity (Wildman–Crippen MR) is 101 cm³/mol. The van der Waals surface area contributed by atoms with Crippen LogP contribution in [-0.2, 0) is 20.3 Å². The fraction of sp³-hybridized carbons (Fsp3) is 0.471. The number of rotatable bonds is 5. The zero-order chi connectivity index (χ0) is 19.4. The number of amides is 1. The monoisotopic (exact) mass is 461 g/mol. The molecule has 2 aliphatic heterocycles. The van der Waals surface area contributed by atoms with Crippen molar-refractivity contribution in [2.24, 2.45) is 0 Å². The van der Waals surface area contributed by atoms with Gasteiger partial charge in [-0.3, -0.25) is 9.59 Å². The standard InChI is InChI=1S/C17H17BrClNO5S/c1-16(2)11(13(23)24)20-14(25)17(18,15(20)26-16)12(22)10(21)9-5-3-8(7-19)4-6-9/h3-6,10-11,15,21H,7H2,1-2H3,(H,23,24)/t10?,11-,15+,17?/m0/s1. The molecular formula is C17H17BrClNO5S. The van der Waals surface area contributed by atoms with Gasteiger partial charge in [-0.05, 0) is 25.0 Å². The smallest absolute Gasteiger partial charge is 0.327 e. The molecule has 0 saturated carbocycles. The Morgan fingerprint density at radius 1 is 1.35 bits per heavy atom. The van der Waals surface area contributed by atoms with Crippen LogP contribution in [0, 0.1) is 0 Å². The summed E-state index contributed by atoms with van der Waals surface area (Å²) in [6, 6.07) is 5.54. The van der Waals surface area contributed by atoms with Crippen molar-refractivity contribution in [2.45, 2.75) is 46.3 Å². The number of hydrogen-bond donors (Lipinski definition) is 2. The van der Waals surface area contributed by atoms with E-state index in [0.717, 1.165) is 5.56 Å². The lowest BCUT2D eigenvalue weighted by Crippen LogP contribution is -2.74. The first kappa shape index (κ1) is 19.7. The minimum atomic E-state index is -1.64. The van der Waals surface area contributed by atoms with E-state index in [1.54, 1.807) is 38.1 Å². The van der Waals surface area contributed by atoms with Crippen LogP contribution >= 0.6 is 39.3 Å². The first-order valence-electron chi connectivity index (χ1n) is 7.85. The Labute approximate surface area is 168 Å². The number of Topliss-reactive ketones (excluding diaryl/α,β-unsaturated/α-hetero) is 1. The molecule has 0 aliphatic carbocycles. The molecule has 1 aromatic rings. The highest BCUT2D eigenvalue weighted by Crippen LogP contribution is 2.59. The van der Waals surface area contributed by atoms with Crippen LogP contribution in [0.15, 0.2) is 24.3 Å². The lowest BCUT2D eigenvalue weighted by Gasteiger charge is -2.49. The number of carboxylic acids is 1. The number of fused-ring (bicyclic) bond motifs is 1. The Kier molecular flexibility index (Phi) is 4.92. The van der Waals surface area contributed by atoms with Crippen LogP contribution in [0.5, 0.6) is 0 Å². The van der Waals surface area contributed by atoms with Gasteiger partial charge < -0.3 is 15.1 Å². The van der Waals surface area contributed by atoms with Gasteiger partial charge in [0, 0.05) is 10.6 Å². The number of halogens is 2. The molecule has 2 fully saturated rings. The van der Waals surface area contributed by atoms with Crippen LogP contribution in [0.3, 0.4) is 0 Å². The highest BCUT2D eigenvalue weighted by molar-refractivity contribution is 9.10. The Balaban J connectivity index is 1.88. The molecule has 2 heterocycles. The first-order valence-corrected chi connectivity index (χ1v) is 10.1. The minimum Gasteiger partial charge on any atom is -0.480 e. The lowest BCUT2D eigenvalue weighted by atomic mass is 9.85. The van der Waals surface area contributed by atoms with Crippen LogP contribution in [0.25, 0.3) is 0 Å². The van der Waals surface area contributed by atoms with Crippen LogP contribution in [0.4, 0.5) is 0 Å². The van der Waals surface area contributed by atoms with Gasteiger partial charge in [0.2, 0.25) is 0 Å². The maximum Gasteiger partial charge on any atom is 0.327 e. The topological polar surface area (TPSA) is 94.9 Å². The number of β-lactam (4-membered cyclic amide) rings is 1. The zero-order valence-electron chi connectivity index (χ0n) is 14.0. The van der Waals surface area contributed by atoms with E-state index < -0.39 is 44.3 Å². The number of carbonyl (C=O) groups is 3. The van der Waals surface area contributed by atoms with Crippen molar-refractivity contribution in [3.8, 4) is 0 Å². The molecule has 3 rings (SSSR count). The van der Waals surface area contributed by atoms with E-state index in [4.69, 9.17) is 11.6 Å². The molecular weight excluding hydrogens is 446 g/mol. The average Bonchev–Trinajstić information content (AvgIpc) is 2.89. The molecule has 2 aliphatic rings. The van der Waals surface area contributed by atoms with Crippen molar-refractivity contribution in [3.63, 3.8) is 0 Å². The summed E-state index contributed by atoms with van der Waals surface area (Å²) in [5.74, 6) is -2.13. The van der Waals surface area contributed by atoms with Crippen LogP contribution in [-0.4, -0.2) is 53.3 Å². The van der Waals surface area contributed by atoms with Crippen LogP contribution in [0.1, 0.15) is 31.1 Å². The minimum absolute atomic E-state index is 0.310. The molecule has 0 bridgehead atoms. The molecule has 2 unspecified atom stereocenters. The fourth-order valence-corrected chi connectivity index (χ4v) is 6.12. The Hall–Kier alpha value is -1.09. The van der Waals surface area contributed by atoms with E-state index in [1.165, 1.54) is 16.7 Å². The van der Waals surface area contributed by atoms with Crippen molar-refractivity contribution in [1.82, 2.24) is 4.90 Å². The maximum absolute atomic E-state index is 12.9. The van der Waals surface area contributed by atoms with E-state index >= 15 is 0 Å². The van der Waals surface area contributed by atoms with Crippen molar-refractivity contribution >= 4 is 57.0 Å². The van der Waals surface area contributed by atoms with Crippen LogP contribution < -0.4 is 0 Å². The van der Waals surface area contributed by atoms with Gasteiger partial charge in [0.05, 0.1) is 0 Å². The van der Waals surface area contributed by atoms with Crippen LogP contribution in [0.2, 0.25) is 0 Å². The quantitative estimate of drug-likeness (QED) is 0.396. The number of ketones is 1. The number of aliphatic hydroxyl groups is 1. The second kappa shape index (κ2) is 6.51. The van der Waals surface area contributed by atoms with Crippen molar-refractivity contribution in [1.29, 1.82) is 0 Å². The van der Waals surface area contributed by atoms with Gasteiger partial charge in [0.1, 0.15) is 17.5 Å². The third kappa shape index (κ3) is 2.69. The Bertz CT molecular complexity index is 786. The molecule has 140 valence electrons. The normalized spacial score (nSPS) is 30.5. The third-order valence-corrected chi connectivity index (χ3v) is 8.19. The summed E-state index contributed by atoms with van der Waals surface area (Å²) < 4.78 is -2.39. The number of carbonyl (C=O) groups excluding carboxylic acids is 2. The summed E-state index contributed by atoms with van der Waals surface area (Å²) in [6.07, 6.45) is -1.50. The summed E-state index contributed by atoms with van der Waals surface area (Å²) in [4.78, 5) is 38.4. The van der Waals surface area contributed by atoms with Gasteiger partial charge in [0.15, 0.2) is 10.1 Å². The summed E-state index contributed by atoms with van der Waals surface area (Å²) in [5, 5.41) is 19.3. The largest absolute Gasteiger partial charge is 0.480 e. The predicted octanol–water partition coefficient (Wildman–Crippen LogP) is 2.31. The number of alkyl halides is 2. The summed E-state index contributed by atoms with van der Waals surface area (Å²) in [5.41, 5.74) is 1.19. The van der Waals surface area contributed by atoms with E-state index in [0.29, 0.717) is 11.4 Å². The average molecular weight is 463 g/mol. The molecule has 2 saturated heterocycles. The van der Waals surface area contributed by atoms with Gasteiger partial charge in [0.25, 0.3) is 5.91 Å². The summed E-state index contributed by atoms with van der Waals surface area (Å²) >= 11 is 10.2. The number of thioether (sulfide) groups is 1. The zero-order valence-corrected chi connectivity index (χ0v) is 17.1. The number of aliphatic hydroxyl groups excluding tert-OH is 1.